The highest BCUT2D eigenvalue weighted by Crippen LogP contribution is 2.31. The van der Waals surface area contributed by atoms with Gasteiger partial charge >= 0.3 is 0 Å². The molecule has 4 nitrogen and oxygen atoms in total. The minimum Gasteiger partial charge on any atom is -0.304 e. The van der Waals surface area contributed by atoms with Crippen molar-refractivity contribution in [2.24, 2.45) is 0 Å². The predicted molar refractivity (Wildman–Crippen MR) is 110 cm³/mol. The minimum atomic E-state index is -0.679. The lowest BCUT2D eigenvalue weighted by Crippen LogP contribution is -2.14. The number of H-pyrrole nitrogens is 1. The number of benzene rings is 3. The fourth-order valence-electron chi connectivity index (χ4n) is 3.42. The summed E-state index contributed by atoms with van der Waals surface area (Å²) in [4.78, 5) is 12.5. The smallest absolute Gasteiger partial charge is 0.261 e. The number of amides is 1. The van der Waals surface area contributed by atoms with Crippen LogP contribution in [0.15, 0.2) is 54.6 Å². The summed E-state index contributed by atoms with van der Waals surface area (Å²) in [5.41, 5.74) is 5.16. The number of rotatable bonds is 3. The second-order valence-electron chi connectivity index (χ2n) is 6.65. The van der Waals surface area contributed by atoms with Crippen LogP contribution in [0.25, 0.3) is 22.0 Å². The number of hydrogen-bond acceptors (Lipinski definition) is 2. The molecule has 1 aromatic heterocycles. The largest absolute Gasteiger partial charge is 0.304 e. The first-order valence-electron chi connectivity index (χ1n) is 8.76. The molecule has 0 radical (unpaired) electrons. The summed E-state index contributed by atoms with van der Waals surface area (Å²) in [5, 5.41) is 10.5. The molecule has 6 heteroatoms. The van der Waals surface area contributed by atoms with E-state index in [1.165, 1.54) is 34.9 Å². The molecule has 0 saturated carbocycles. The third kappa shape index (κ3) is 3.14. The van der Waals surface area contributed by atoms with Gasteiger partial charge in [-0.2, -0.15) is 5.10 Å². The zero-order valence-corrected chi connectivity index (χ0v) is 16.1. The second kappa shape index (κ2) is 7.09. The van der Waals surface area contributed by atoms with Crippen molar-refractivity contribution in [3.63, 3.8) is 0 Å². The maximum absolute atomic E-state index is 14.0. The molecule has 28 heavy (non-hydrogen) atoms. The highest BCUT2D eigenvalue weighted by Gasteiger charge is 2.18. The van der Waals surface area contributed by atoms with Crippen molar-refractivity contribution < 1.29 is 9.18 Å². The number of hydrogen-bond donors (Lipinski definition) is 2. The zero-order valence-electron chi connectivity index (χ0n) is 15.3. The number of aromatic nitrogens is 2. The van der Waals surface area contributed by atoms with Crippen LogP contribution in [-0.2, 0) is 0 Å². The Balaban J connectivity index is 1.70. The third-order valence-corrected chi connectivity index (χ3v) is 5.07. The lowest BCUT2D eigenvalue weighted by atomic mass is 9.95. The Morgan fingerprint density at radius 3 is 2.50 bits per heavy atom. The van der Waals surface area contributed by atoms with E-state index < -0.39 is 11.7 Å². The van der Waals surface area contributed by atoms with Crippen LogP contribution in [0.4, 0.5) is 10.2 Å². The molecule has 4 aromatic rings. The highest BCUT2D eigenvalue weighted by atomic mass is 35.5. The van der Waals surface area contributed by atoms with E-state index in [1.807, 2.05) is 24.3 Å². The van der Waals surface area contributed by atoms with Crippen molar-refractivity contribution in [3.05, 3.63) is 82.1 Å². The van der Waals surface area contributed by atoms with Crippen LogP contribution >= 0.6 is 11.6 Å². The molecule has 3 aromatic carbocycles. The molecule has 0 atom stereocenters. The van der Waals surface area contributed by atoms with Crippen LogP contribution in [0.1, 0.15) is 21.5 Å². The van der Waals surface area contributed by atoms with Gasteiger partial charge in [0.05, 0.1) is 16.1 Å². The van der Waals surface area contributed by atoms with E-state index >= 15 is 0 Å². The van der Waals surface area contributed by atoms with Gasteiger partial charge in [0.15, 0.2) is 5.82 Å². The molecule has 0 unspecified atom stereocenters. The SMILES string of the molecule is Cc1cccc(C)c1-c1ccc2c(NC(=O)c3c(F)cccc3Cl)n[nH]c2c1. The molecule has 0 bridgehead atoms. The van der Waals surface area contributed by atoms with Gasteiger partial charge in [-0.25, -0.2) is 4.39 Å². The molecule has 1 heterocycles. The maximum Gasteiger partial charge on any atom is 0.261 e. The summed E-state index contributed by atoms with van der Waals surface area (Å²) in [5.74, 6) is -0.996. The van der Waals surface area contributed by atoms with E-state index in [0.29, 0.717) is 5.82 Å². The molecule has 0 spiro atoms. The molecule has 0 saturated heterocycles. The quantitative estimate of drug-likeness (QED) is 0.455. The number of carbonyl (C=O) groups is 1. The lowest BCUT2D eigenvalue weighted by Gasteiger charge is -2.10. The normalized spacial score (nSPS) is 11.0. The van der Waals surface area contributed by atoms with E-state index in [9.17, 15) is 9.18 Å². The minimum absolute atomic E-state index is 0.0506. The summed E-state index contributed by atoms with van der Waals surface area (Å²) < 4.78 is 14.0. The van der Waals surface area contributed by atoms with Gasteiger partial charge in [-0.15, -0.1) is 0 Å². The van der Waals surface area contributed by atoms with Crippen molar-refractivity contribution in [2.45, 2.75) is 13.8 Å². The van der Waals surface area contributed by atoms with Gasteiger partial charge in [0.25, 0.3) is 5.91 Å². The Labute approximate surface area is 166 Å². The average molecular weight is 394 g/mol. The van der Waals surface area contributed by atoms with Gasteiger partial charge in [-0.1, -0.05) is 41.9 Å². The molecule has 0 fully saturated rings. The summed E-state index contributed by atoms with van der Waals surface area (Å²) in [6.07, 6.45) is 0. The number of nitrogens with one attached hydrogen (secondary N) is 2. The van der Waals surface area contributed by atoms with Crippen LogP contribution in [0.2, 0.25) is 5.02 Å². The molecule has 1 amide bonds. The van der Waals surface area contributed by atoms with Crippen molar-refractivity contribution in [3.8, 4) is 11.1 Å². The summed E-state index contributed by atoms with van der Waals surface area (Å²) in [6.45, 7) is 4.15. The average Bonchev–Trinajstić information content (AvgIpc) is 3.03. The molecule has 0 aliphatic heterocycles. The Morgan fingerprint density at radius 1 is 1.07 bits per heavy atom. The summed E-state index contributed by atoms with van der Waals surface area (Å²) in [7, 11) is 0. The summed E-state index contributed by atoms with van der Waals surface area (Å²) >= 11 is 5.97. The Hall–Kier alpha value is -3.18. The first kappa shape index (κ1) is 18.2. The molecular formula is C22H17ClFN3O. The number of aryl methyl sites for hydroxylation is 2. The van der Waals surface area contributed by atoms with Crippen molar-refractivity contribution in [1.82, 2.24) is 10.2 Å². The Bertz CT molecular complexity index is 1180. The molecule has 140 valence electrons. The molecule has 0 aliphatic carbocycles. The number of nitrogens with zero attached hydrogens (tertiary/aromatic N) is 1. The maximum atomic E-state index is 14.0. The molecular weight excluding hydrogens is 377 g/mol. The molecule has 2 N–H and O–H groups in total. The fourth-order valence-corrected chi connectivity index (χ4v) is 3.67. The van der Waals surface area contributed by atoms with Crippen LogP contribution in [0.3, 0.4) is 0 Å². The second-order valence-corrected chi connectivity index (χ2v) is 7.06. The van der Waals surface area contributed by atoms with Crippen molar-refractivity contribution in [1.29, 1.82) is 0 Å². The van der Waals surface area contributed by atoms with Crippen LogP contribution in [0.5, 0.6) is 0 Å². The predicted octanol–water partition coefficient (Wildman–Crippen LogP) is 5.89. The van der Waals surface area contributed by atoms with Gasteiger partial charge in [0.1, 0.15) is 5.82 Å². The first-order valence-corrected chi connectivity index (χ1v) is 9.13. The van der Waals surface area contributed by atoms with Gasteiger partial charge in [0.2, 0.25) is 0 Å². The van der Waals surface area contributed by atoms with E-state index in [0.717, 1.165) is 16.5 Å². The summed E-state index contributed by atoms with van der Waals surface area (Å²) in [6, 6.07) is 16.2. The van der Waals surface area contributed by atoms with Gasteiger partial charge < -0.3 is 5.32 Å². The van der Waals surface area contributed by atoms with Gasteiger partial charge in [-0.3, -0.25) is 9.89 Å². The van der Waals surface area contributed by atoms with Crippen LogP contribution in [-0.4, -0.2) is 16.1 Å². The zero-order chi connectivity index (χ0) is 19.8. The Kier molecular flexibility index (Phi) is 4.61. The Morgan fingerprint density at radius 2 is 1.79 bits per heavy atom. The van der Waals surface area contributed by atoms with E-state index in [4.69, 9.17) is 11.6 Å². The highest BCUT2D eigenvalue weighted by molar-refractivity contribution is 6.34. The van der Waals surface area contributed by atoms with E-state index in [2.05, 4.69) is 41.5 Å². The van der Waals surface area contributed by atoms with Gasteiger partial charge in [-0.05, 0) is 60.4 Å². The molecule has 0 aliphatic rings. The van der Waals surface area contributed by atoms with E-state index in [1.54, 1.807) is 0 Å². The number of anilines is 1. The van der Waals surface area contributed by atoms with Crippen molar-refractivity contribution in [2.75, 3.05) is 5.32 Å². The van der Waals surface area contributed by atoms with Crippen LogP contribution < -0.4 is 5.32 Å². The molecule has 4 rings (SSSR count). The third-order valence-electron chi connectivity index (χ3n) is 4.75. The van der Waals surface area contributed by atoms with Crippen LogP contribution in [0, 0.1) is 19.7 Å². The first-order chi connectivity index (χ1) is 13.5. The van der Waals surface area contributed by atoms with E-state index in [-0.39, 0.29) is 10.6 Å². The number of aromatic amines is 1. The lowest BCUT2D eigenvalue weighted by molar-refractivity contribution is 0.102. The van der Waals surface area contributed by atoms with Crippen molar-refractivity contribution >= 4 is 34.2 Å². The topological polar surface area (TPSA) is 57.8 Å². The standard InChI is InChI=1S/C22H17ClFN3O/c1-12-5-3-6-13(2)19(12)14-9-10-15-18(11-14)26-27-21(15)25-22(28)20-16(23)7-4-8-17(20)24/h3-11H,1-2H3,(H2,25,26,27,28). The number of fused-ring (bicyclic) bond motifs is 1. The number of carbonyl (C=O) groups excluding carboxylic acids is 1. The monoisotopic (exact) mass is 393 g/mol. The number of halogens is 2. The fraction of sp³-hybridized carbons (Fsp3) is 0.0909. The van der Waals surface area contributed by atoms with Gasteiger partial charge in [0, 0.05) is 5.39 Å².